The third-order valence-corrected chi connectivity index (χ3v) is 5.55. The van der Waals surface area contributed by atoms with Gasteiger partial charge in [0.15, 0.2) is 24.1 Å². The number of carbonyl (C=O) groups excluding carboxylic acids is 2. The number of amidine groups is 1. The van der Waals surface area contributed by atoms with Gasteiger partial charge < -0.3 is 42.4 Å². The Balaban J connectivity index is 1.94. The number of rotatable bonds is 11. The smallest absolute Gasteiger partial charge is 0.341 e. The van der Waals surface area contributed by atoms with Crippen LogP contribution in [0.15, 0.2) is 59.6 Å². The normalized spacial score (nSPS) is 10.2. The third-order valence-electron chi connectivity index (χ3n) is 5.32. The van der Waals surface area contributed by atoms with Crippen LogP contribution in [-0.4, -0.2) is 48.4 Å². The number of carboxylic acid groups (broad SMARTS) is 1. The van der Waals surface area contributed by atoms with Gasteiger partial charge >= 0.3 is 5.97 Å². The van der Waals surface area contributed by atoms with Crippen molar-refractivity contribution >= 4 is 52.6 Å². The van der Waals surface area contributed by atoms with Crippen molar-refractivity contribution in [1.29, 1.82) is 5.41 Å². The number of nitrogens with one attached hydrogen (secondary N) is 3. The molecule has 0 aliphatic carbocycles. The van der Waals surface area contributed by atoms with Crippen LogP contribution in [0, 0.1) is 5.41 Å². The van der Waals surface area contributed by atoms with Crippen molar-refractivity contribution in [3.05, 3.63) is 81.9 Å². The summed E-state index contributed by atoms with van der Waals surface area (Å²) in [5.74, 6) is -2.89. The topological polar surface area (TPSA) is 228 Å². The van der Waals surface area contributed by atoms with Crippen LogP contribution < -0.4 is 37.3 Å². The monoisotopic (exact) mass is 567 g/mol. The highest BCUT2D eigenvalue weighted by molar-refractivity contribution is 6.31. The van der Waals surface area contributed by atoms with Gasteiger partial charge in [-0.25, -0.2) is 4.79 Å². The van der Waals surface area contributed by atoms with Gasteiger partial charge in [-0.05, 0) is 54.6 Å². The fraction of sp³-hybridized carbons (Fsp3) is 0.115. The van der Waals surface area contributed by atoms with E-state index in [9.17, 15) is 14.4 Å². The predicted octanol–water partition coefficient (Wildman–Crippen LogP) is 2.37. The van der Waals surface area contributed by atoms with Gasteiger partial charge in [0.25, 0.3) is 11.8 Å². The molecular weight excluding hydrogens is 542 g/mol. The molecule has 14 heteroatoms. The zero-order valence-corrected chi connectivity index (χ0v) is 21.9. The Bertz CT molecular complexity index is 1490. The van der Waals surface area contributed by atoms with Crippen molar-refractivity contribution in [2.75, 3.05) is 24.4 Å². The number of nitrogen functional groups attached to an aromatic ring is 1. The number of guanidine groups is 1. The maximum Gasteiger partial charge on any atom is 0.341 e. The zero-order chi connectivity index (χ0) is 29.4. The minimum Gasteiger partial charge on any atom is -0.493 e. The van der Waals surface area contributed by atoms with Gasteiger partial charge in [0.05, 0.1) is 12.7 Å². The van der Waals surface area contributed by atoms with Crippen molar-refractivity contribution in [2.45, 2.75) is 6.54 Å². The Kier molecular flexibility index (Phi) is 9.49. The molecule has 0 saturated heterocycles. The number of benzene rings is 3. The Labute approximate surface area is 233 Å². The minimum atomic E-state index is -1.23. The molecule has 10 N–H and O–H groups in total. The Hall–Kier alpha value is -5.30. The second-order valence-corrected chi connectivity index (χ2v) is 8.62. The number of nitrogens with two attached hydrogens (primary N) is 3. The molecule has 0 aromatic heterocycles. The number of hydrogen-bond donors (Lipinski definition) is 7. The molecule has 0 fully saturated rings. The van der Waals surface area contributed by atoms with Crippen LogP contribution >= 0.6 is 11.6 Å². The van der Waals surface area contributed by atoms with Gasteiger partial charge in [-0.1, -0.05) is 11.6 Å². The minimum absolute atomic E-state index is 0.0382. The van der Waals surface area contributed by atoms with E-state index < -0.39 is 30.4 Å². The first-order valence-corrected chi connectivity index (χ1v) is 11.8. The fourth-order valence-corrected chi connectivity index (χ4v) is 3.70. The van der Waals surface area contributed by atoms with E-state index in [1.54, 1.807) is 36.4 Å². The van der Waals surface area contributed by atoms with E-state index in [0.29, 0.717) is 27.5 Å². The fourth-order valence-electron chi connectivity index (χ4n) is 3.53. The van der Waals surface area contributed by atoms with Crippen LogP contribution in [0.2, 0.25) is 5.02 Å². The lowest BCUT2D eigenvalue weighted by Crippen LogP contribution is -2.24. The molecule has 3 aromatic rings. The van der Waals surface area contributed by atoms with Crippen molar-refractivity contribution in [1.82, 2.24) is 0 Å². The van der Waals surface area contributed by atoms with Gasteiger partial charge in [-0.3, -0.25) is 15.0 Å². The summed E-state index contributed by atoms with van der Waals surface area (Å²) in [5, 5.41) is 22.8. The summed E-state index contributed by atoms with van der Waals surface area (Å²) in [5.41, 5.74) is 18.0. The first kappa shape index (κ1) is 29.3. The highest BCUT2D eigenvalue weighted by Crippen LogP contribution is 2.34. The molecule has 0 atom stereocenters. The molecule has 2 amide bonds. The van der Waals surface area contributed by atoms with Crippen molar-refractivity contribution in [2.24, 2.45) is 22.2 Å². The summed E-state index contributed by atoms with van der Waals surface area (Å²) in [6.45, 7) is -0.717. The summed E-state index contributed by atoms with van der Waals surface area (Å²) in [6, 6.07) is 13.7. The van der Waals surface area contributed by atoms with Crippen molar-refractivity contribution < 1.29 is 29.0 Å². The second-order valence-electron chi connectivity index (χ2n) is 8.18. The van der Waals surface area contributed by atoms with Gasteiger partial charge in [0.1, 0.15) is 5.84 Å². The summed E-state index contributed by atoms with van der Waals surface area (Å²) in [7, 11) is 1.32. The van der Waals surface area contributed by atoms with E-state index in [-0.39, 0.29) is 35.0 Å². The van der Waals surface area contributed by atoms with Crippen LogP contribution in [0.25, 0.3) is 0 Å². The summed E-state index contributed by atoms with van der Waals surface area (Å²) >= 11 is 6.16. The number of carbonyl (C=O) groups is 3. The van der Waals surface area contributed by atoms with Crippen molar-refractivity contribution in [3.8, 4) is 11.5 Å². The molecule has 3 rings (SSSR count). The van der Waals surface area contributed by atoms with Crippen LogP contribution in [0.4, 0.5) is 11.4 Å². The third kappa shape index (κ3) is 7.61. The number of anilines is 2. The molecule has 0 aliphatic rings. The number of aliphatic imine (C=N–C) groups is 1. The summed E-state index contributed by atoms with van der Waals surface area (Å²) in [6.07, 6.45) is 0. The largest absolute Gasteiger partial charge is 0.493 e. The van der Waals surface area contributed by atoms with E-state index in [0.717, 1.165) is 0 Å². The quantitative estimate of drug-likeness (QED) is 0.132. The standard InChI is InChI=1S/C26H26ClN7O6/c1-39-20-9-14(24(37)34-26(30)31)8-15(22(20)40-12-21(35)36)11-32-19-7-4-16(27)10-18(19)25(38)33-17-5-2-13(3-6-17)23(28)29/h2-10,32H,11-12H2,1H3,(H3,28,29)(H,33,38)(H,35,36)(H4,30,31,34,37). The maximum absolute atomic E-state index is 13.1. The number of methoxy groups -OCH3 is 1. The van der Waals surface area contributed by atoms with Gasteiger partial charge in [0.2, 0.25) is 0 Å². The maximum atomic E-state index is 13.1. The van der Waals surface area contributed by atoms with E-state index in [4.69, 9.17) is 48.8 Å². The molecule has 0 bridgehead atoms. The molecule has 40 heavy (non-hydrogen) atoms. The molecule has 0 heterocycles. The number of amides is 2. The number of carboxylic acids is 1. The molecule has 0 radical (unpaired) electrons. The van der Waals surface area contributed by atoms with Crippen LogP contribution in [0.1, 0.15) is 31.8 Å². The average Bonchev–Trinajstić information content (AvgIpc) is 2.90. The molecule has 0 aliphatic heterocycles. The van der Waals surface area contributed by atoms with Crippen LogP contribution in [0.5, 0.6) is 11.5 Å². The zero-order valence-electron chi connectivity index (χ0n) is 21.2. The highest BCUT2D eigenvalue weighted by Gasteiger charge is 2.19. The van der Waals surface area contributed by atoms with Gasteiger partial charge in [-0.2, -0.15) is 4.99 Å². The lowest BCUT2D eigenvalue weighted by atomic mass is 10.1. The molecule has 0 spiro atoms. The average molecular weight is 568 g/mol. The molecule has 208 valence electrons. The number of hydrogen-bond acceptors (Lipinski definition) is 7. The highest BCUT2D eigenvalue weighted by atomic mass is 35.5. The van der Waals surface area contributed by atoms with Gasteiger partial charge in [0, 0.05) is 39.6 Å². The van der Waals surface area contributed by atoms with Gasteiger partial charge in [-0.15, -0.1) is 0 Å². The Morgan fingerprint density at radius 1 is 1.02 bits per heavy atom. The summed E-state index contributed by atoms with van der Waals surface area (Å²) in [4.78, 5) is 40.3. The SMILES string of the molecule is COc1cc(C(=O)N=C(N)N)cc(CNc2ccc(Cl)cc2C(=O)Nc2ccc(C(=N)N)cc2)c1OCC(=O)O. The second kappa shape index (κ2) is 13.0. The molecular formula is C26H26ClN7O6. The number of ether oxygens (including phenoxy) is 2. The van der Waals surface area contributed by atoms with Crippen molar-refractivity contribution in [3.63, 3.8) is 0 Å². The first-order valence-electron chi connectivity index (χ1n) is 11.5. The van der Waals surface area contributed by atoms with E-state index >= 15 is 0 Å². The van der Waals surface area contributed by atoms with Crippen LogP contribution in [0.3, 0.4) is 0 Å². The summed E-state index contributed by atoms with van der Waals surface area (Å²) < 4.78 is 10.8. The number of nitrogens with zero attached hydrogens (tertiary/aromatic N) is 1. The van der Waals surface area contributed by atoms with Crippen LogP contribution in [-0.2, 0) is 11.3 Å². The van der Waals surface area contributed by atoms with E-state index in [2.05, 4.69) is 15.6 Å². The van der Waals surface area contributed by atoms with E-state index in [1.807, 2.05) is 0 Å². The first-order chi connectivity index (χ1) is 19.0. The number of halogens is 1. The lowest BCUT2D eigenvalue weighted by molar-refractivity contribution is -0.139. The predicted molar refractivity (Wildman–Crippen MR) is 150 cm³/mol. The lowest BCUT2D eigenvalue weighted by Gasteiger charge is -2.18. The Morgan fingerprint density at radius 3 is 2.33 bits per heavy atom. The molecule has 0 unspecified atom stereocenters. The van der Waals surface area contributed by atoms with E-state index in [1.165, 1.54) is 25.3 Å². The molecule has 3 aromatic carbocycles. The Morgan fingerprint density at radius 2 is 1.73 bits per heavy atom. The molecule has 13 nitrogen and oxygen atoms in total. The number of aliphatic carboxylic acids is 1. The molecule has 0 saturated carbocycles.